The second kappa shape index (κ2) is 5.19. The highest BCUT2D eigenvalue weighted by molar-refractivity contribution is 5.82. The van der Waals surface area contributed by atoms with E-state index < -0.39 is 0 Å². The number of aromatic nitrogens is 3. The van der Waals surface area contributed by atoms with Crippen molar-refractivity contribution in [3.05, 3.63) is 47.3 Å². The standard InChI is InChI=1S/C16H17FN4O/c17-11-4-1-3-10(7-11)12-8-13(12)16(22)18-9-15-20-19-14-5-2-6-21(14)15/h1,3-4,7,12-13H,2,5-6,8-9H2,(H,18,22)/t12-,13+/m1/s1. The van der Waals surface area contributed by atoms with Gasteiger partial charge in [0.05, 0.1) is 6.54 Å². The minimum atomic E-state index is -0.248. The van der Waals surface area contributed by atoms with E-state index in [0.717, 1.165) is 43.0 Å². The molecule has 5 nitrogen and oxygen atoms in total. The molecular formula is C16H17FN4O. The summed E-state index contributed by atoms with van der Waals surface area (Å²) in [5.41, 5.74) is 0.906. The second-order valence-corrected chi connectivity index (χ2v) is 6.01. The summed E-state index contributed by atoms with van der Waals surface area (Å²) in [4.78, 5) is 12.2. The fraction of sp³-hybridized carbons (Fsp3) is 0.438. The van der Waals surface area contributed by atoms with Crippen LogP contribution in [0.15, 0.2) is 24.3 Å². The van der Waals surface area contributed by atoms with E-state index in [0.29, 0.717) is 6.54 Å². The molecule has 0 radical (unpaired) electrons. The van der Waals surface area contributed by atoms with Crippen molar-refractivity contribution in [1.82, 2.24) is 20.1 Å². The largest absolute Gasteiger partial charge is 0.349 e. The fourth-order valence-electron chi connectivity index (χ4n) is 3.23. The summed E-state index contributed by atoms with van der Waals surface area (Å²) in [6, 6.07) is 6.51. The Labute approximate surface area is 127 Å². The first kappa shape index (κ1) is 13.4. The van der Waals surface area contributed by atoms with Gasteiger partial charge in [-0.05, 0) is 36.5 Å². The molecule has 22 heavy (non-hydrogen) atoms. The van der Waals surface area contributed by atoms with E-state index in [2.05, 4.69) is 20.1 Å². The Morgan fingerprint density at radius 1 is 1.41 bits per heavy atom. The third-order valence-electron chi connectivity index (χ3n) is 4.51. The Kier molecular flexibility index (Phi) is 3.17. The lowest BCUT2D eigenvalue weighted by Crippen LogP contribution is -2.26. The van der Waals surface area contributed by atoms with Crippen molar-refractivity contribution >= 4 is 5.91 Å². The van der Waals surface area contributed by atoms with Crippen molar-refractivity contribution in [3.63, 3.8) is 0 Å². The van der Waals surface area contributed by atoms with Crippen LogP contribution in [0.5, 0.6) is 0 Å². The number of hydrogen-bond acceptors (Lipinski definition) is 3. The summed E-state index contributed by atoms with van der Waals surface area (Å²) in [5, 5.41) is 11.2. The third-order valence-corrected chi connectivity index (χ3v) is 4.51. The maximum Gasteiger partial charge on any atom is 0.224 e. The Bertz CT molecular complexity index is 727. The maximum absolute atomic E-state index is 13.2. The lowest BCUT2D eigenvalue weighted by molar-refractivity contribution is -0.122. The van der Waals surface area contributed by atoms with Gasteiger partial charge in [0.15, 0.2) is 5.82 Å². The third kappa shape index (κ3) is 2.38. The van der Waals surface area contributed by atoms with Gasteiger partial charge in [0.25, 0.3) is 0 Å². The molecule has 2 aromatic rings. The minimum absolute atomic E-state index is 0.0182. The summed E-state index contributed by atoms with van der Waals surface area (Å²) in [5.74, 6) is 1.69. The van der Waals surface area contributed by atoms with Crippen molar-refractivity contribution in [2.24, 2.45) is 5.92 Å². The molecular weight excluding hydrogens is 283 g/mol. The Morgan fingerprint density at radius 3 is 3.18 bits per heavy atom. The average Bonchev–Trinajstić information content (AvgIpc) is 3.02. The molecule has 1 aromatic carbocycles. The van der Waals surface area contributed by atoms with Gasteiger partial charge in [0.2, 0.25) is 5.91 Å². The predicted molar refractivity (Wildman–Crippen MR) is 77.4 cm³/mol. The molecule has 1 fully saturated rings. The van der Waals surface area contributed by atoms with E-state index in [4.69, 9.17) is 0 Å². The zero-order valence-electron chi connectivity index (χ0n) is 12.1. The van der Waals surface area contributed by atoms with Crippen LogP contribution < -0.4 is 5.32 Å². The molecule has 1 amide bonds. The Morgan fingerprint density at radius 2 is 2.32 bits per heavy atom. The lowest BCUT2D eigenvalue weighted by Gasteiger charge is -2.06. The molecule has 4 rings (SSSR count). The number of fused-ring (bicyclic) bond motifs is 1. The first-order valence-corrected chi connectivity index (χ1v) is 7.66. The Balaban J connectivity index is 1.36. The highest BCUT2D eigenvalue weighted by Crippen LogP contribution is 2.47. The number of nitrogens with zero attached hydrogens (tertiary/aromatic N) is 3. The van der Waals surface area contributed by atoms with Crippen LogP contribution in [0.4, 0.5) is 4.39 Å². The number of carbonyl (C=O) groups excluding carboxylic acids is 1. The first-order chi connectivity index (χ1) is 10.7. The van der Waals surface area contributed by atoms with Gasteiger partial charge in [-0.2, -0.15) is 0 Å². The zero-order valence-corrected chi connectivity index (χ0v) is 12.1. The van der Waals surface area contributed by atoms with E-state index in [-0.39, 0.29) is 23.6 Å². The van der Waals surface area contributed by atoms with Gasteiger partial charge in [0, 0.05) is 18.9 Å². The van der Waals surface area contributed by atoms with Crippen molar-refractivity contribution in [3.8, 4) is 0 Å². The highest BCUT2D eigenvalue weighted by atomic mass is 19.1. The Hall–Kier alpha value is -2.24. The average molecular weight is 300 g/mol. The molecule has 6 heteroatoms. The van der Waals surface area contributed by atoms with Crippen molar-refractivity contribution in [2.45, 2.75) is 38.3 Å². The fourth-order valence-corrected chi connectivity index (χ4v) is 3.23. The molecule has 0 unspecified atom stereocenters. The molecule has 0 spiro atoms. The van der Waals surface area contributed by atoms with Crippen molar-refractivity contribution in [2.75, 3.05) is 0 Å². The van der Waals surface area contributed by atoms with Crippen LogP contribution in [0.25, 0.3) is 0 Å². The second-order valence-electron chi connectivity index (χ2n) is 6.01. The van der Waals surface area contributed by atoms with Gasteiger partial charge < -0.3 is 9.88 Å². The zero-order chi connectivity index (χ0) is 15.1. The monoisotopic (exact) mass is 300 g/mol. The highest BCUT2D eigenvalue weighted by Gasteiger charge is 2.44. The van der Waals surface area contributed by atoms with E-state index in [1.807, 2.05) is 6.07 Å². The number of aryl methyl sites for hydroxylation is 1. The maximum atomic E-state index is 13.2. The number of amides is 1. The predicted octanol–water partition coefficient (Wildman–Crippen LogP) is 1.78. The van der Waals surface area contributed by atoms with Crippen LogP contribution in [-0.4, -0.2) is 20.7 Å². The molecule has 114 valence electrons. The molecule has 0 saturated heterocycles. The molecule has 0 bridgehead atoms. The number of hydrogen-bond donors (Lipinski definition) is 1. The minimum Gasteiger partial charge on any atom is -0.349 e. The van der Waals surface area contributed by atoms with Crippen LogP contribution in [0.2, 0.25) is 0 Å². The van der Waals surface area contributed by atoms with E-state index in [1.54, 1.807) is 6.07 Å². The summed E-state index contributed by atoms with van der Waals surface area (Å²) < 4.78 is 15.3. The summed E-state index contributed by atoms with van der Waals surface area (Å²) >= 11 is 0. The summed E-state index contributed by atoms with van der Waals surface area (Å²) in [7, 11) is 0. The van der Waals surface area contributed by atoms with E-state index in [9.17, 15) is 9.18 Å². The molecule has 1 aromatic heterocycles. The lowest BCUT2D eigenvalue weighted by atomic mass is 10.1. The quantitative estimate of drug-likeness (QED) is 0.936. The molecule has 1 N–H and O–H groups in total. The molecule has 2 heterocycles. The molecule has 2 aliphatic rings. The van der Waals surface area contributed by atoms with Crippen molar-refractivity contribution < 1.29 is 9.18 Å². The van der Waals surface area contributed by atoms with Gasteiger partial charge >= 0.3 is 0 Å². The van der Waals surface area contributed by atoms with Crippen LogP contribution in [0.1, 0.15) is 36.0 Å². The topological polar surface area (TPSA) is 59.8 Å². The van der Waals surface area contributed by atoms with Gasteiger partial charge in [0.1, 0.15) is 11.6 Å². The number of halogens is 1. The van der Waals surface area contributed by atoms with Gasteiger partial charge in [-0.1, -0.05) is 12.1 Å². The summed E-state index contributed by atoms with van der Waals surface area (Å²) in [6.07, 6.45) is 2.84. The SMILES string of the molecule is O=C(NCc1nnc2n1CCC2)[C@H]1C[C@@H]1c1cccc(F)c1. The van der Waals surface area contributed by atoms with Crippen LogP contribution in [0, 0.1) is 11.7 Å². The first-order valence-electron chi connectivity index (χ1n) is 7.66. The van der Waals surface area contributed by atoms with Gasteiger partial charge in [-0.25, -0.2) is 4.39 Å². The molecule has 2 atom stereocenters. The van der Waals surface area contributed by atoms with Crippen LogP contribution in [-0.2, 0) is 24.3 Å². The number of rotatable bonds is 4. The van der Waals surface area contributed by atoms with E-state index >= 15 is 0 Å². The summed E-state index contributed by atoms with van der Waals surface area (Å²) in [6.45, 7) is 1.35. The van der Waals surface area contributed by atoms with Crippen LogP contribution >= 0.6 is 0 Å². The van der Waals surface area contributed by atoms with E-state index in [1.165, 1.54) is 12.1 Å². The number of benzene rings is 1. The molecule has 1 aliphatic carbocycles. The smallest absolute Gasteiger partial charge is 0.224 e. The number of nitrogens with one attached hydrogen (secondary N) is 1. The molecule has 1 saturated carbocycles. The van der Waals surface area contributed by atoms with Gasteiger partial charge in [-0.15, -0.1) is 10.2 Å². The van der Waals surface area contributed by atoms with Crippen LogP contribution in [0.3, 0.4) is 0 Å². The normalized spacial score (nSPS) is 22.4. The van der Waals surface area contributed by atoms with Crippen molar-refractivity contribution in [1.29, 1.82) is 0 Å². The van der Waals surface area contributed by atoms with Gasteiger partial charge in [-0.3, -0.25) is 4.79 Å². The number of carbonyl (C=O) groups is 1. The molecule has 1 aliphatic heterocycles.